The van der Waals surface area contributed by atoms with Gasteiger partial charge in [0.25, 0.3) is 11.1 Å². The SMILES string of the molecule is N#Cc1nn(-c2cc(Cl)c(Oc3n[nH]c(=O)c4cnccc34)c(Cl)c2)c(=O)[nH]c1=O. The third kappa shape index (κ3) is 3.30. The van der Waals surface area contributed by atoms with Crippen molar-refractivity contribution in [2.75, 3.05) is 0 Å². The van der Waals surface area contributed by atoms with Crippen LogP contribution in [0.4, 0.5) is 0 Å². The fourth-order valence-corrected chi connectivity index (χ4v) is 3.13. The van der Waals surface area contributed by atoms with Gasteiger partial charge in [-0.25, -0.2) is 9.89 Å². The summed E-state index contributed by atoms with van der Waals surface area (Å²) in [6, 6.07) is 5.71. The zero-order valence-corrected chi connectivity index (χ0v) is 16.0. The maximum atomic E-state index is 12.1. The highest BCUT2D eigenvalue weighted by Gasteiger charge is 2.17. The van der Waals surface area contributed by atoms with Crippen LogP contribution in [-0.4, -0.2) is 29.9 Å². The van der Waals surface area contributed by atoms with Gasteiger partial charge in [0.1, 0.15) is 6.07 Å². The fourth-order valence-electron chi connectivity index (χ4n) is 2.57. The number of ether oxygens (including phenoxy) is 1. The molecule has 3 aromatic heterocycles. The Labute approximate surface area is 175 Å². The number of rotatable bonds is 3. The predicted octanol–water partition coefficient (Wildman–Crippen LogP) is 1.52. The number of aromatic nitrogens is 6. The Bertz CT molecular complexity index is 1510. The van der Waals surface area contributed by atoms with Crippen LogP contribution < -0.4 is 21.5 Å². The standard InChI is InChI=1S/C17H7Cl2N7O4/c18-10-3-7(26-17(29)22-15(28)12(5-20)25-26)4-11(19)13(10)30-16-8-1-2-21-6-9(8)14(27)23-24-16/h1-4,6H,(H,23,27)(H,22,28,29). The summed E-state index contributed by atoms with van der Waals surface area (Å²) in [5.41, 5.74) is -2.69. The van der Waals surface area contributed by atoms with Crippen LogP contribution in [0.3, 0.4) is 0 Å². The molecule has 0 atom stereocenters. The molecule has 148 valence electrons. The van der Waals surface area contributed by atoms with Crippen LogP contribution >= 0.6 is 23.2 Å². The van der Waals surface area contributed by atoms with Gasteiger partial charge in [0, 0.05) is 12.4 Å². The average Bonchev–Trinajstić information content (AvgIpc) is 2.72. The number of nitrogens with zero attached hydrogens (tertiary/aromatic N) is 5. The van der Waals surface area contributed by atoms with Crippen molar-refractivity contribution in [1.82, 2.24) is 29.9 Å². The van der Waals surface area contributed by atoms with Gasteiger partial charge >= 0.3 is 5.69 Å². The highest BCUT2D eigenvalue weighted by atomic mass is 35.5. The van der Waals surface area contributed by atoms with Gasteiger partial charge in [-0.1, -0.05) is 23.2 Å². The molecule has 0 fully saturated rings. The highest BCUT2D eigenvalue weighted by molar-refractivity contribution is 6.37. The molecule has 13 heteroatoms. The van der Waals surface area contributed by atoms with Crippen LogP contribution in [0.15, 0.2) is 45.0 Å². The first kappa shape index (κ1) is 19.3. The van der Waals surface area contributed by atoms with Gasteiger partial charge in [-0.3, -0.25) is 19.6 Å². The molecule has 0 unspecified atom stereocenters. The number of hydrogen-bond donors (Lipinski definition) is 2. The highest BCUT2D eigenvalue weighted by Crippen LogP contribution is 2.38. The third-order valence-corrected chi connectivity index (χ3v) is 4.48. The number of benzene rings is 1. The smallest absolute Gasteiger partial charge is 0.349 e. The maximum Gasteiger partial charge on any atom is 0.349 e. The van der Waals surface area contributed by atoms with Crippen molar-refractivity contribution < 1.29 is 4.74 Å². The van der Waals surface area contributed by atoms with Crippen molar-refractivity contribution in [1.29, 1.82) is 5.26 Å². The van der Waals surface area contributed by atoms with Crippen LogP contribution in [-0.2, 0) is 0 Å². The lowest BCUT2D eigenvalue weighted by atomic mass is 10.2. The van der Waals surface area contributed by atoms with Crippen molar-refractivity contribution in [3.63, 3.8) is 0 Å². The van der Waals surface area contributed by atoms with Crippen molar-refractivity contribution in [2.45, 2.75) is 0 Å². The first-order chi connectivity index (χ1) is 14.4. The first-order valence-electron chi connectivity index (χ1n) is 8.02. The largest absolute Gasteiger partial charge is 0.434 e. The molecular weight excluding hydrogens is 437 g/mol. The Morgan fingerprint density at radius 2 is 1.83 bits per heavy atom. The van der Waals surface area contributed by atoms with E-state index in [1.165, 1.54) is 30.6 Å². The number of hydrogen-bond acceptors (Lipinski definition) is 8. The van der Waals surface area contributed by atoms with Gasteiger partial charge in [0.2, 0.25) is 11.6 Å². The summed E-state index contributed by atoms with van der Waals surface area (Å²) in [4.78, 5) is 41.3. The van der Waals surface area contributed by atoms with E-state index in [1.807, 2.05) is 4.98 Å². The summed E-state index contributed by atoms with van der Waals surface area (Å²) in [5.74, 6) is 0.0207. The molecule has 2 N–H and O–H groups in total. The van der Waals surface area contributed by atoms with Crippen molar-refractivity contribution in [2.24, 2.45) is 0 Å². The third-order valence-electron chi connectivity index (χ3n) is 3.92. The summed E-state index contributed by atoms with van der Waals surface area (Å²) in [5, 5.41) is 19.4. The predicted molar refractivity (Wildman–Crippen MR) is 105 cm³/mol. The molecular formula is C17H7Cl2N7O4. The Balaban J connectivity index is 1.82. The number of fused-ring (bicyclic) bond motifs is 1. The average molecular weight is 444 g/mol. The van der Waals surface area contributed by atoms with Crippen LogP contribution in [0.25, 0.3) is 16.5 Å². The van der Waals surface area contributed by atoms with Gasteiger partial charge < -0.3 is 4.74 Å². The minimum absolute atomic E-state index is 0.00211. The molecule has 0 amide bonds. The van der Waals surface area contributed by atoms with Gasteiger partial charge in [0.15, 0.2) is 5.75 Å². The topological polar surface area (TPSA) is 159 Å². The normalized spacial score (nSPS) is 10.7. The lowest BCUT2D eigenvalue weighted by Gasteiger charge is -2.12. The summed E-state index contributed by atoms with van der Waals surface area (Å²) in [7, 11) is 0. The Morgan fingerprint density at radius 1 is 1.10 bits per heavy atom. The van der Waals surface area contributed by atoms with E-state index in [0.29, 0.717) is 5.39 Å². The molecule has 0 saturated heterocycles. The van der Waals surface area contributed by atoms with E-state index >= 15 is 0 Å². The van der Waals surface area contributed by atoms with Crippen LogP contribution in [0.5, 0.6) is 11.6 Å². The monoisotopic (exact) mass is 443 g/mol. The molecule has 0 spiro atoms. The van der Waals surface area contributed by atoms with Crippen molar-refractivity contribution >= 4 is 34.0 Å². The minimum Gasteiger partial charge on any atom is -0.434 e. The van der Waals surface area contributed by atoms with Gasteiger partial charge in [0.05, 0.1) is 26.5 Å². The van der Waals surface area contributed by atoms with Gasteiger partial charge in [-0.05, 0) is 18.2 Å². The quantitative estimate of drug-likeness (QED) is 0.481. The van der Waals surface area contributed by atoms with Crippen molar-refractivity contribution in [3.05, 3.63) is 77.5 Å². The molecule has 0 radical (unpaired) electrons. The second kappa shape index (κ2) is 7.43. The minimum atomic E-state index is -0.915. The number of H-pyrrole nitrogens is 2. The molecule has 11 nitrogen and oxygen atoms in total. The Hall–Kier alpha value is -4.01. The molecule has 4 aromatic rings. The molecule has 0 aliphatic rings. The number of halogens is 2. The molecule has 3 heterocycles. The fraction of sp³-hybridized carbons (Fsp3) is 0. The molecule has 0 aliphatic carbocycles. The Morgan fingerprint density at radius 3 is 2.53 bits per heavy atom. The van der Waals surface area contributed by atoms with Crippen LogP contribution in [0, 0.1) is 11.3 Å². The number of nitriles is 1. The lowest BCUT2D eigenvalue weighted by Crippen LogP contribution is -2.33. The maximum absolute atomic E-state index is 12.1. The zero-order valence-electron chi connectivity index (χ0n) is 14.5. The van der Waals surface area contributed by atoms with E-state index < -0.39 is 22.5 Å². The summed E-state index contributed by atoms with van der Waals surface area (Å²) in [6.07, 6.45) is 2.82. The van der Waals surface area contributed by atoms with E-state index in [4.69, 9.17) is 33.2 Å². The number of pyridine rings is 1. The van der Waals surface area contributed by atoms with E-state index in [2.05, 4.69) is 20.3 Å². The van der Waals surface area contributed by atoms with Gasteiger partial charge in [-0.15, -0.1) is 10.2 Å². The second-order valence-electron chi connectivity index (χ2n) is 5.75. The van der Waals surface area contributed by atoms with E-state index in [-0.39, 0.29) is 32.7 Å². The summed E-state index contributed by atoms with van der Waals surface area (Å²) < 4.78 is 6.47. The van der Waals surface area contributed by atoms with Crippen LogP contribution in [0.1, 0.15) is 5.69 Å². The zero-order chi connectivity index (χ0) is 21.4. The van der Waals surface area contributed by atoms with E-state index in [0.717, 1.165) is 4.68 Å². The Kier molecular flexibility index (Phi) is 4.78. The van der Waals surface area contributed by atoms with Gasteiger partial charge in [-0.2, -0.15) is 9.94 Å². The number of aromatic amines is 2. The second-order valence-corrected chi connectivity index (χ2v) is 6.57. The molecule has 0 saturated carbocycles. The van der Waals surface area contributed by atoms with Crippen LogP contribution in [0.2, 0.25) is 10.0 Å². The van der Waals surface area contributed by atoms with Crippen molar-refractivity contribution in [3.8, 4) is 23.4 Å². The van der Waals surface area contributed by atoms with E-state index in [1.54, 1.807) is 6.07 Å². The molecule has 4 rings (SSSR count). The number of nitrogens with one attached hydrogen (secondary N) is 2. The molecule has 0 aliphatic heterocycles. The molecule has 1 aromatic carbocycles. The summed E-state index contributed by atoms with van der Waals surface area (Å²) in [6.45, 7) is 0. The lowest BCUT2D eigenvalue weighted by molar-refractivity contribution is 0.461. The molecule has 30 heavy (non-hydrogen) atoms. The first-order valence-corrected chi connectivity index (χ1v) is 8.78. The molecule has 0 bridgehead atoms. The summed E-state index contributed by atoms with van der Waals surface area (Å²) >= 11 is 12.5. The van der Waals surface area contributed by atoms with E-state index in [9.17, 15) is 14.4 Å².